The lowest BCUT2D eigenvalue weighted by atomic mass is 9.89. The summed E-state index contributed by atoms with van der Waals surface area (Å²) in [6.45, 7) is 9.51. The summed E-state index contributed by atoms with van der Waals surface area (Å²) in [5, 5.41) is 0.0156. The molecule has 1 unspecified atom stereocenters. The fraction of sp³-hybridized carbons (Fsp3) is 0.667. The summed E-state index contributed by atoms with van der Waals surface area (Å²) in [5.41, 5.74) is 1.37. The van der Waals surface area contributed by atoms with E-state index in [2.05, 4.69) is 32.7 Å². The molecule has 1 aromatic heterocycles. The van der Waals surface area contributed by atoms with Crippen LogP contribution in [-0.4, -0.2) is 11.6 Å². The van der Waals surface area contributed by atoms with Gasteiger partial charge in [-0.25, -0.2) is 0 Å². The highest BCUT2D eigenvalue weighted by molar-refractivity contribution is 6.20. The van der Waals surface area contributed by atoms with Gasteiger partial charge in [0, 0.05) is 6.20 Å². The second-order valence-corrected chi connectivity index (χ2v) is 6.40. The number of aromatic nitrogens is 1. The standard InChI is InChI=1S/C15H24ClNO/c1-5-8-18-13-9-12(10-17-11-13)14(16)6-7-15(2,3)4/h9-11,14H,5-8H2,1-4H3. The molecular weight excluding hydrogens is 246 g/mol. The van der Waals surface area contributed by atoms with Crippen molar-refractivity contribution >= 4 is 11.6 Å². The zero-order chi connectivity index (χ0) is 13.6. The Morgan fingerprint density at radius 3 is 2.67 bits per heavy atom. The second-order valence-electron chi connectivity index (χ2n) is 5.87. The monoisotopic (exact) mass is 269 g/mol. The van der Waals surface area contributed by atoms with Crippen LogP contribution in [0, 0.1) is 5.41 Å². The number of hydrogen-bond donors (Lipinski definition) is 0. The normalized spacial score (nSPS) is 13.4. The van der Waals surface area contributed by atoms with Gasteiger partial charge in [0.05, 0.1) is 18.2 Å². The molecule has 0 radical (unpaired) electrons. The lowest BCUT2D eigenvalue weighted by Gasteiger charge is -2.20. The molecule has 0 bridgehead atoms. The Labute approximate surface area is 116 Å². The molecule has 18 heavy (non-hydrogen) atoms. The summed E-state index contributed by atoms with van der Waals surface area (Å²) in [5.74, 6) is 0.816. The van der Waals surface area contributed by atoms with E-state index < -0.39 is 0 Å². The van der Waals surface area contributed by atoms with Crippen LogP contribution < -0.4 is 4.74 Å². The van der Waals surface area contributed by atoms with Gasteiger partial charge in [-0.15, -0.1) is 11.6 Å². The van der Waals surface area contributed by atoms with Gasteiger partial charge in [-0.3, -0.25) is 4.98 Å². The molecule has 0 fully saturated rings. The van der Waals surface area contributed by atoms with Gasteiger partial charge in [-0.2, -0.15) is 0 Å². The first-order valence-corrected chi connectivity index (χ1v) is 7.08. The Bertz CT molecular complexity index is 360. The average molecular weight is 270 g/mol. The summed E-state index contributed by atoms with van der Waals surface area (Å²) in [4.78, 5) is 4.19. The summed E-state index contributed by atoms with van der Waals surface area (Å²) in [6, 6.07) is 2.00. The first-order valence-electron chi connectivity index (χ1n) is 6.64. The SMILES string of the molecule is CCCOc1cncc(C(Cl)CCC(C)(C)C)c1. The van der Waals surface area contributed by atoms with E-state index in [0.29, 0.717) is 5.41 Å². The highest BCUT2D eigenvalue weighted by Gasteiger charge is 2.15. The zero-order valence-electron chi connectivity index (χ0n) is 11.9. The third-order valence-electron chi connectivity index (χ3n) is 2.72. The van der Waals surface area contributed by atoms with Gasteiger partial charge in [0.25, 0.3) is 0 Å². The van der Waals surface area contributed by atoms with Crippen LogP contribution >= 0.6 is 11.6 Å². The molecule has 0 spiro atoms. The van der Waals surface area contributed by atoms with Crippen LogP contribution in [0.1, 0.15) is 57.9 Å². The Kier molecular flexibility index (Phi) is 5.94. The predicted molar refractivity (Wildman–Crippen MR) is 77.3 cm³/mol. The van der Waals surface area contributed by atoms with Crippen LogP contribution in [0.15, 0.2) is 18.5 Å². The molecule has 1 atom stereocenters. The second kappa shape index (κ2) is 6.98. The van der Waals surface area contributed by atoms with E-state index >= 15 is 0 Å². The van der Waals surface area contributed by atoms with Gasteiger partial charge in [0.15, 0.2) is 0 Å². The Balaban J connectivity index is 2.59. The molecule has 0 aliphatic heterocycles. The lowest BCUT2D eigenvalue weighted by molar-refractivity contribution is 0.315. The summed E-state index contributed by atoms with van der Waals surface area (Å²) < 4.78 is 5.57. The number of hydrogen-bond acceptors (Lipinski definition) is 2. The van der Waals surface area contributed by atoms with E-state index in [1.807, 2.05) is 12.3 Å². The summed E-state index contributed by atoms with van der Waals surface area (Å²) >= 11 is 6.42. The molecule has 1 heterocycles. The van der Waals surface area contributed by atoms with Gasteiger partial charge < -0.3 is 4.74 Å². The molecule has 0 saturated carbocycles. The molecule has 0 aliphatic carbocycles. The Morgan fingerprint density at radius 1 is 1.33 bits per heavy atom. The van der Waals surface area contributed by atoms with Crippen molar-refractivity contribution < 1.29 is 4.74 Å². The lowest BCUT2D eigenvalue weighted by Crippen LogP contribution is -2.06. The van der Waals surface area contributed by atoms with Gasteiger partial charge >= 0.3 is 0 Å². The summed E-state index contributed by atoms with van der Waals surface area (Å²) in [7, 11) is 0. The van der Waals surface area contributed by atoms with E-state index in [4.69, 9.17) is 16.3 Å². The van der Waals surface area contributed by atoms with Crippen molar-refractivity contribution in [3.63, 3.8) is 0 Å². The van der Waals surface area contributed by atoms with Gasteiger partial charge in [0.2, 0.25) is 0 Å². The molecule has 2 nitrogen and oxygen atoms in total. The van der Waals surface area contributed by atoms with Gasteiger partial charge in [-0.05, 0) is 36.3 Å². The van der Waals surface area contributed by atoms with Crippen LogP contribution in [0.4, 0.5) is 0 Å². The van der Waals surface area contributed by atoms with Crippen molar-refractivity contribution in [2.45, 2.75) is 52.3 Å². The minimum Gasteiger partial charge on any atom is -0.492 e. The molecule has 0 saturated heterocycles. The number of ether oxygens (including phenoxy) is 1. The largest absolute Gasteiger partial charge is 0.492 e. The zero-order valence-corrected chi connectivity index (χ0v) is 12.6. The minimum absolute atomic E-state index is 0.0156. The molecule has 1 aromatic rings. The molecule has 3 heteroatoms. The molecule has 0 aliphatic rings. The fourth-order valence-electron chi connectivity index (χ4n) is 1.63. The maximum atomic E-state index is 6.42. The van der Waals surface area contributed by atoms with Crippen molar-refractivity contribution in [1.82, 2.24) is 4.98 Å². The van der Waals surface area contributed by atoms with Gasteiger partial charge in [-0.1, -0.05) is 27.7 Å². The maximum Gasteiger partial charge on any atom is 0.137 e. The Morgan fingerprint density at radius 2 is 2.06 bits per heavy atom. The van der Waals surface area contributed by atoms with E-state index in [1.54, 1.807) is 6.20 Å². The number of halogens is 1. The highest BCUT2D eigenvalue weighted by Crippen LogP contribution is 2.32. The Hall–Kier alpha value is -0.760. The fourth-order valence-corrected chi connectivity index (χ4v) is 1.86. The van der Waals surface area contributed by atoms with E-state index in [0.717, 1.165) is 37.2 Å². The van der Waals surface area contributed by atoms with E-state index in [9.17, 15) is 0 Å². The maximum absolute atomic E-state index is 6.42. The third-order valence-corrected chi connectivity index (χ3v) is 3.19. The minimum atomic E-state index is 0.0156. The van der Waals surface area contributed by atoms with Crippen LogP contribution in [0.25, 0.3) is 0 Å². The smallest absolute Gasteiger partial charge is 0.137 e. The van der Waals surface area contributed by atoms with Crippen molar-refractivity contribution in [3.8, 4) is 5.75 Å². The predicted octanol–water partition coefficient (Wildman–Crippen LogP) is 4.98. The van der Waals surface area contributed by atoms with Crippen LogP contribution in [0.3, 0.4) is 0 Å². The molecule has 0 amide bonds. The first-order chi connectivity index (χ1) is 8.42. The number of alkyl halides is 1. The van der Waals surface area contributed by atoms with Crippen molar-refractivity contribution in [2.24, 2.45) is 5.41 Å². The van der Waals surface area contributed by atoms with Crippen molar-refractivity contribution in [2.75, 3.05) is 6.61 Å². The molecule has 0 N–H and O–H groups in total. The van der Waals surface area contributed by atoms with E-state index in [-0.39, 0.29) is 5.38 Å². The van der Waals surface area contributed by atoms with Crippen LogP contribution in [0.5, 0.6) is 5.75 Å². The topological polar surface area (TPSA) is 22.1 Å². The molecular formula is C15H24ClNO. The molecule has 0 aromatic carbocycles. The molecule has 102 valence electrons. The quantitative estimate of drug-likeness (QED) is 0.680. The average Bonchev–Trinajstić information content (AvgIpc) is 2.33. The first kappa shape index (κ1) is 15.3. The van der Waals surface area contributed by atoms with E-state index in [1.165, 1.54) is 0 Å². The van der Waals surface area contributed by atoms with Gasteiger partial charge in [0.1, 0.15) is 5.75 Å². The van der Waals surface area contributed by atoms with Crippen LogP contribution in [-0.2, 0) is 0 Å². The van der Waals surface area contributed by atoms with Crippen LogP contribution in [0.2, 0.25) is 0 Å². The van der Waals surface area contributed by atoms with Crippen molar-refractivity contribution in [1.29, 1.82) is 0 Å². The summed E-state index contributed by atoms with van der Waals surface area (Å²) in [6.07, 6.45) is 6.63. The third kappa shape index (κ3) is 5.72. The van der Waals surface area contributed by atoms with Crippen molar-refractivity contribution in [3.05, 3.63) is 24.0 Å². The molecule has 1 rings (SSSR count). The number of pyridine rings is 1. The number of rotatable bonds is 6. The highest BCUT2D eigenvalue weighted by atomic mass is 35.5. The number of nitrogens with zero attached hydrogens (tertiary/aromatic N) is 1.